The van der Waals surface area contributed by atoms with E-state index in [-0.39, 0.29) is 11.6 Å². The van der Waals surface area contributed by atoms with Crippen LogP contribution in [0.15, 0.2) is 24.3 Å². The van der Waals surface area contributed by atoms with Crippen molar-refractivity contribution in [2.75, 3.05) is 23.3 Å². The van der Waals surface area contributed by atoms with Crippen molar-refractivity contribution in [2.45, 2.75) is 20.8 Å². The van der Waals surface area contributed by atoms with Gasteiger partial charge in [-0.15, -0.1) is 11.3 Å². The second-order valence-corrected chi connectivity index (χ2v) is 7.70. The second-order valence-electron chi connectivity index (χ2n) is 5.66. The minimum absolute atomic E-state index is 0.0522. The molecule has 7 nitrogen and oxygen atoms in total. The van der Waals surface area contributed by atoms with E-state index in [4.69, 9.17) is 0 Å². The highest BCUT2D eigenvalue weighted by atomic mass is 32.1. The lowest BCUT2D eigenvalue weighted by atomic mass is 10.2. The Bertz CT molecular complexity index is 944. The number of nitro groups is 1. The minimum Gasteiger partial charge on any atom is -0.349 e. The fourth-order valence-electron chi connectivity index (χ4n) is 2.51. The summed E-state index contributed by atoms with van der Waals surface area (Å²) in [4.78, 5) is 31.1. The van der Waals surface area contributed by atoms with Crippen molar-refractivity contribution in [3.05, 3.63) is 44.8 Å². The maximum atomic E-state index is 12.5. The third-order valence-electron chi connectivity index (χ3n) is 4.02. The van der Waals surface area contributed by atoms with Gasteiger partial charge in [-0.3, -0.25) is 14.9 Å². The first-order chi connectivity index (χ1) is 12.4. The molecule has 136 valence electrons. The molecule has 0 aliphatic heterocycles. The van der Waals surface area contributed by atoms with Crippen LogP contribution in [0.25, 0.3) is 9.53 Å². The molecular formula is C17H18N4O3S2. The number of aromatic nitrogens is 1. The zero-order valence-electron chi connectivity index (χ0n) is 14.6. The first kappa shape index (κ1) is 18.3. The molecule has 26 heavy (non-hydrogen) atoms. The van der Waals surface area contributed by atoms with Crippen molar-refractivity contribution in [3.8, 4) is 0 Å². The molecule has 0 atom stereocenters. The highest BCUT2D eigenvalue weighted by Crippen LogP contribution is 2.35. The van der Waals surface area contributed by atoms with Gasteiger partial charge in [-0.1, -0.05) is 17.4 Å². The lowest BCUT2D eigenvalue weighted by Crippen LogP contribution is -2.21. The maximum absolute atomic E-state index is 12.5. The van der Waals surface area contributed by atoms with Crippen LogP contribution < -0.4 is 10.2 Å². The molecule has 0 spiro atoms. The van der Waals surface area contributed by atoms with Crippen LogP contribution in [0.3, 0.4) is 0 Å². The first-order valence-electron chi connectivity index (χ1n) is 8.14. The largest absolute Gasteiger partial charge is 0.349 e. The van der Waals surface area contributed by atoms with Crippen molar-refractivity contribution in [1.82, 2.24) is 4.98 Å². The number of rotatable bonds is 6. The van der Waals surface area contributed by atoms with Crippen LogP contribution >= 0.6 is 22.7 Å². The summed E-state index contributed by atoms with van der Waals surface area (Å²) >= 11 is 2.89. The number of nitrogens with one attached hydrogen (secondary N) is 1. The molecule has 1 amide bonds. The first-order valence-corrected chi connectivity index (χ1v) is 9.78. The highest BCUT2D eigenvalue weighted by Gasteiger charge is 2.17. The number of amides is 1. The minimum atomic E-state index is -0.477. The molecule has 0 aliphatic rings. The number of hydrogen-bond donors (Lipinski definition) is 1. The van der Waals surface area contributed by atoms with Crippen molar-refractivity contribution >= 4 is 54.6 Å². The zero-order chi connectivity index (χ0) is 18.8. The van der Waals surface area contributed by atoms with E-state index in [2.05, 4.69) is 29.0 Å². The van der Waals surface area contributed by atoms with Gasteiger partial charge in [-0.05, 0) is 32.4 Å². The van der Waals surface area contributed by atoms with E-state index < -0.39 is 4.92 Å². The van der Waals surface area contributed by atoms with Crippen LogP contribution in [0.4, 0.5) is 16.5 Å². The Balaban J connectivity index is 1.83. The number of aryl methyl sites for hydroxylation is 1. The van der Waals surface area contributed by atoms with Crippen LogP contribution in [0.2, 0.25) is 0 Å². The number of carbonyl (C=O) groups excluding carboxylic acids is 1. The molecule has 2 aromatic heterocycles. The van der Waals surface area contributed by atoms with Gasteiger partial charge < -0.3 is 10.2 Å². The average molecular weight is 390 g/mol. The predicted molar refractivity (Wildman–Crippen MR) is 107 cm³/mol. The summed E-state index contributed by atoms with van der Waals surface area (Å²) in [5, 5.41) is 14.6. The van der Waals surface area contributed by atoms with Gasteiger partial charge in [0, 0.05) is 25.2 Å². The Hall–Kier alpha value is -2.52. The van der Waals surface area contributed by atoms with E-state index >= 15 is 0 Å². The van der Waals surface area contributed by atoms with E-state index in [1.165, 1.54) is 23.5 Å². The molecule has 1 aromatic carbocycles. The second kappa shape index (κ2) is 7.38. The zero-order valence-corrected chi connectivity index (χ0v) is 16.2. The molecule has 0 saturated carbocycles. The van der Waals surface area contributed by atoms with Crippen LogP contribution in [-0.2, 0) is 0 Å². The quantitative estimate of drug-likeness (QED) is 0.488. The van der Waals surface area contributed by atoms with Gasteiger partial charge in [0.2, 0.25) is 0 Å². The highest BCUT2D eigenvalue weighted by molar-refractivity contribution is 7.29. The van der Waals surface area contributed by atoms with Crippen LogP contribution in [-0.4, -0.2) is 28.9 Å². The fraction of sp³-hybridized carbons (Fsp3) is 0.294. The summed E-state index contributed by atoms with van der Waals surface area (Å²) in [6.07, 6.45) is 0. The summed E-state index contributed by atoms with van der Waals surface area (Å²) in [6, 6.07) is 6.25. The smallest absolute Gasteiger partial charge is 0.271 e. The predicted octanol–water partition coefficient (Wildman–Crippen LogP) is 4.67. The molecule has 9 heteroatoms. The maximum Gasteiger partial charge on any atom is 0.271 e. The van der Waals surface area contributed by atoms with Crippen molar-refractivity contribution in [3.63, 3.8) is 0 Å². The lowest BCUT2D eigenvalue weighted by molar-refractivity contribution is -0.384. The summed E-state index contributed by atoms with van der Waals surface area (Å²) in [5.41, 5.74) is 1.16. The molecule has 2 heterocycles. The number of thiophene rings is 1. The van der Waals surface area contributed by atoms with Crippen molar-refractivity contribution in [2.24, 2.45) is 0 Å². The molecule has 3 rings (SSSR count). The Morgan fingerprint density at radius 2 is 2.00 bits per heavy atom. The Kier molecular flexibility index (Phi) is 5.19. The van der Waals surface area contributed by atoms with Crippen LogP contribution in [0, 0.1) is 17.0 Å². The molecule has 3 aromatic rings. The standard InChI is InChI=1S/C17H18N4O3S2/c1-4-20(5-2)17-19-16-14(26-17)9-13(25-16)15(22)18-12-8-11(21(23)24)7-6-10(12)3/h6-9H,4-5H2,1-3H3,(H,18,22). The van der Waals surface area contributed by atoms with Crippen LogP contribution in [0.5, 0.6) is 0 Å². The van der Waals surface area contributed by atoms with Crippen molar-refractivity contribution < 1.29 is 9.72 Å². The van der Waals surface area contributed by atoms with Crippen LogP contribution in [0.1, 0.15) is 29.1 Å². The Labute approximate surface area is 158 Å². The Morgan fingerprint density at radius 3 is 2.62 bits per heavy atom. The summed E-state index contributed by atoms with van der Waals surface area (Å²) < 4.78 is 0.970. The number of nitrogens with zero attached hydrogens (tertiary/aromatic N) is 3. The van der Waals surface area contributed by atoms with Gasteiger partial charge in [0.1, 0.15) is 4.83 Å². The molecule has 0 bridgehead atoms. The SMILES string of the molecule is CCN(CC)c1nc2sc(C(=O)Nc3cc([N+](=O)[O-])ccc3C)cc2s1. The summed E-state index contributed by atoms with van der Waals surface area (Å²) in [5.74, 6) is -0.284. The summed E-state index contributed by atoms with van der Waals surface area (Å²) in [6.45, 7) is 7.73. The van der Waals surface area contributed by atoms with E-state index in [1.807, 2.05) is 6.07 Å². The molecule has 0 unspecified atom stereocenters. The number of fused-ring (bicyclic) bond motifs is 1. The normalized spacial score (nSPS) is 10.9. The number of benzene rings is 1. The molecule has 0 fully saturated rings. The topological polar surface area (TPSA) is 88.4 Å². The Morgan fingerprint density at radius 1 is 1.27 bits per heavy atom. The number of anilines is 2. The van der Waals surface area contributed by atoms with E-state index in [0.717, 1.165) is 33.3 Å². The monoisotopic (exact) mass is 390 g/mol. The lowest BCUT2D eigenvalue weighted by Gasteiger charge is -2.16. The van der Waals surface area contributed by atoms with E-state index in [9.17, 15) is 14.9 Å². The average Bonchev–Trinajstić information content (AvgIpc) is 3.17. The van der Waals surface area contributed by atoms with Gasteiger partial charge in [0.15, 0.2) is 5.13 Å². The van der Waals surface area contributed by atoms with Gasteiger partial charge >= 0.3 is 0 Å². The molecule has 1 N–H and O–H groups in total. The van der Waals surface area contributed by atoms with Gasteiger partial charge in [0.05, 0.1) is 20.2 Å². The van der Waals surface area contributed by atoms with E-state index in [0.29, 0.717) is 10.6 Å². The number of nitro benzene ring substituents is 1. The summed E-state index contributed by atoms with van der Waals surface area (Å²) in [7, 11) is 0. The van der Waals surface area contributed by atoms with Gasteiger partial charge in [-0.2, -0.15) is 0 Å². The number of non-ortho nitro benzene ring substituents is 1. The third-order valence-corrected chi connectivity index (χ3v) is 6.24. The van der Waals surface area contributed by atoms with Crippen molar-refractivity contribution in [1.29, 1.82) is 0 Å². The van der Waals surface area contributed by atoms with Gasteiger partial charge in [-0.25, -0.2) is 4.98 Å². The van der Waals surface area contributed by atoms with Gasteiger partial charge in [0.25, 0.3) is 11.6 Å². The number of carbonyl (C=O) groups is 1. The molecular weight excluding hydrogens is 372 g/mol. The molecule has 0 aliphatic carbocycles. The fourth-order valence-corrected chi connectivity index (χ4v) is 4.74. The molecule has 0 radical (unpaired) electrons. The third kappa shape index (κ3) is 3.54. The van der Waals surface area contributed by atoms with E-state index in [1.54, 1.807) is 24.3 Å². The number of thiazole rings is 1. The number of hydrogen-bond acceptors (Lipinski definition) is 7. The molecule has 0 saturated heterocycles.